The number of benzene rings is 2. The molecule has 0 aliphatic carbocycles. The van der Waals surface area contributed by atoms with Crippen LogP contribution in [-0.4, -0.2) is 26.4 Å². The molecule has 1 atom stereocenters. The van der Waals surface area contributed by atoms with Crippen molar-refractivity contribution in [2.24, 2.45) is 0 Å². The molecule has 0 spiro atoms. The molecule has 4 rings (SSSR count). The summed E-state index contributed by atoms with van der Waals surface area (Å²) in [5, 5.41) is 11.5. The number of carbonyl (C=O) groups excluding carboxylic acids is 2. The summed E-state index contributed by atoms with van der Waals surface area (Å²) in [6, 6.07) is 13.9. The predicted molar refractivity (Wildman–Crippen MR) is 98.6 cm³/mol. The summed E-state index contributed by atoms with van der Waals surface area (Å²) in [5.74, 6) is -0.672. The molecule has 1 aliphatic heterocycles. The Labute approximate surface area is 164 Å². The second-order valence-electron chi connectivity index (χ2n) is 6.80. The molecule has 3 amide bonds. The van der Waals surface area contributed by atoms with E-state index in [4.69, 9.17) is 5.26 Å². The topological polar surface area (TPSA) is 91.0 Å². The second-order valence-corrected chi connectivity index (χ2v) is 6.80. The highest BCUT2D eigenvalue weighted by Crippen LogP contribution is 2.31. The molecule has 1 unspecified atom stereocenters. The van der Waals surface area contributed by atoms with Gasteiger partial charge in [-0.3, -0.25) is 14.3 Å². The van der Waals surface area contributed by atoms with Gasteiger partial charge in [-0.15, -0.1) is 0 Å². The van der Waals surface area contributed by atoms with Crippen molar-refractivity contribution in [3.63, 3.8) is 0 Å². The van der Waals surface area contributed by atoms with Crippen molar-refractivity contribution in [2.45, 2.75) is 25.6 Å². The van der Waals surface area contributed by atoms with Gasteiger partial charge in [0, 0.05) is 0 Å². The maximum Gasteiger partial charge on any atom is 0.325 e. The van der Waals surface area contributed by atoms with Crippen molar-refractivity contribution in [1.29, 1.82) is 5.26 Å². The van der Waals surface area contributed by atoms with Gasteiger partial charge in [-0.1, -0.05) is 24.3 Å². The Kier molecular flexibility index (Phi) is 4.27. The van der Waals surface area contributed by atoms with Crippen molar-refractivity contribution < 1.29 is 18.4 Å². The van der Waals surface area contributed by atoms with Gasteiger partial charge in [0.1, 0.15) is 11.4 Å². The average Bonchev–Trinajstić information content (AvgIpc) is 3.19. The first-order valence-electron chi connectivity index (χ1n) is 8.74. The average molecular weight is 395 g/mol. The lowest BCUT2D eigenvalue weighted by Crippen LogP contribution is -2.40. The van der Waals surface area contributed by atoms with Crippen molar-refractivity contribution >= 4 is 23.0 Å². The second kappa shape index (κ2) is 6.67. The number of fused-ring (bicyclic) bond motifs is 1. The molecule has 9 heteroatoms. The number of nitrogens with zero attached hydrogens (tertiary/aromatic N) is 4. The molecule has 0 bridgehead atoms. The molecule has 29 heavy (non-hydrogen) atoms. The monoisotopic (exact) mass is 395 g/mol. The van der Waals surface area contributed by atoms with E-state index >= 15 is 0 Å². The smallest absolute Gasteiger partial charge is 0.319 e. The van der Waals surface area contributed by atoms with Crippen LogP contribution < -0.4 is 5.32 Å². The lowest BCUT2D eigenvalue weighted by molar-refractivity contribution is -0.131. The van der Waals surface area contributed by atoms with E-state index in [1.807, 2.05) is 6.07 Å². The Hall–Kier alpha value is -3.80. The van der Waals surface area contributed by atoms with Gasteiger partial charge in [0.05, 0.1) is 29.2 Å². The van der Waals surface area contributed by atoms with Crippen LogP contribution in [-0.2, 0) is 16.9 Å². The van der Waals surface area contributed by atoms with E-state index < -0.39 is 30.6 Å². The van der Waals surface area contributed by atoms with E-state index in [1.54, 1.807) is 42.5 Å². The molecular formula is C20H15F2N5O2. The number of nitriles is 1. The molecule has 2 heterocycles. The van der Waals surface area contributed by atoms with Crippen LogP contribution in [0.15, 0.2) is 48.5 Å². The van der Waals surface area contributed by atoms with Crippen molar-refractivity contribution in [2.75, 3.05) is 0 Å². The number of urea groups is 1. The molecule has 1 aliphatic rings. The minimum atomic E-state index is -2.87. The van der Waals surface area contributed by atoms with Crippen molar-refractivity contribution in [3.05, 3.63) is 65.5 Å². The number of carbonyl (C=O) groups is 2. The molecule has 3 aromatic rings. The number of halogens is 2. The van der Waals surface area contributed by atoms with E-state index in [-0.39, 0.29) is 11.3 Å². The van der Waals surface area contributed by atoms with Gasteiger partial charge in [-0.05, 0) is 36.8 Å². The maximum absolute atomic E-state index is 13.6. The number of para-hydroxylation sites is 2. The Morgan fingerprint density at radius 1 is 1.17 bits per heavy atom. The SMILES string of the molecule is CC1(c2ccc(C#N)cc2)NC(=O)N(Cc2nc3ccccc3n2C(F)F)C1=O. The van der Waals surface area contributed by atoms with Gasteiger partial charge in [0.25, 0.3) is 5.91 Å². The zero-order valence-electron chi connectivity index (χ0n) is 15.3. The van der Waals surface area contributed by atoms with Crippen LogP contribution in [0.3, 0.4) is 0 Å². The summed E-state index contributed by atoms with van der Waals surface area (Å²) in [6.45, 7) is -1.73. The molecule has 0 radical (unpaired) electrons. The van der Waals surface area contributed by atoms with Crippen molar-refractivity contribution in [1.82, 2.24) is 19.8 Å². The van der Waals surface area contributed by atoms with Gasteiger partial charge in [0.2, 0.25) is 0 Å². The molecule has 1 saturated heterocycles. The molecule has 1 aromatic heterocycles. The van der Waals surface area contributed by atoms with E-state index in [1.165, 1.54) is 13.0 Å². The van der Waals surface area contributed by atoms with Gasteiger partial charge in [-0.2, -0.15) is 14.0 Å². The number of aromatic nitrogens is 2. The molecule has 146 valence electrons. The summed E-state index contributed by atoms with van der Waals surface area (Å²) in [4.78, 5) is 30.6. The lowest BCUT2D eigenvalue weighted by Gasteiger charge is -2.22. The molecular weight excluding hydrogens is 380 g/mol. The number of imide groups is 1. The van der Waals surface area contributed by atoms with Crippen molar-refractivity contribution in [3.8, 4) is 6.07 Å². The number of hydrogen-bond acceptors (Lipinski definition) is 4. The fraction of sp³-hybridized carbons (Fsp3) is 0.200. The number of nitrogens with one attached hydrogen (secondary N) is 1. The van der Waals surface area contributed by atoms with Gasteiger partial charge < -0.3 is 5.32 Å². The first-order chi connectivity index (χ1) is 13.8. The summed E-state index contributed by atoms with van der Waals surface area (Å²) in [7, 11) is 0. The highest BCUT2D eigenvalue weighted by molar-refractivity contribution is 6.07. The number of hydrogen-bond donors (Lipinski definition) is 1. The van der Waals surface area contributed by atoms with Crippen LogP contribution in [0.4, 0.5) is 13.6 Å². The Bertz CT molecular complexity index is 1170. The number of imidazole rings is 1. The van der Waals surface area contributed by atoms with Crippen LogP contribution >= 0.6 is 0 Å². The minimum Gasteiger partial charge on any atom is -0.319 e. The summed E-state index contributed by atoms with van der Waals surface area (Å²) in [5.41, 5.74) is 0.104. The predicted octanol–water partition coefficient (Wildman–Crippen LogP) is 3.27. The van der Waals surface area contributed by atoms with Gasteiger partial charge in [-0.25, -0.2) is 9.78 Å². The van der Waals surface area contributed by atoms with E-state index in [2.05, 4.69) is 10.3 Å². The largest absolute Gasteiger partial charge is 0.325 e. The molecule has 2 aromatic carbocycles. The highest BCUT2D eigenvalue weighted by Gasteiger charge is 2.49. The summed E-state index contributed by atoms with van der Waals surface area (Å²) < 4.78 is 28.0. The minimum absolute atomic E-state index is 0.0891. The first kappa shape index (κ1) is 18.6. The quantitative estimate of drug-likeness (QED) is 0.687. The van der Waals surface area contributed by atoms with E-state index in [0.717, 1.165) is 4.90 Å². The van der Waals surface area contributed by atoms with E-state index in [0.29, 0.717) is 21.2 Å². The zero-order valence-corrected chi connectivity index (χ0v) is 15.3. The summed E-state index contributed by atoms with van der Waals surface area (Å²) in [6.07, 6.45) is 0. The number of alkyl halides is 2. The third-order valence-electron chi connectivity index (χ3n) is 5.03. The van der Waals surface area contributed by atoms with Gasteiger partial charge in [0.15, 0.2) is 0 Å². The van der Waals surface area contributed by atoms with Crippen LogP contribution in [0.2, 0.25) is 0 Å². The number of amides is 3. The third-order valence-corrected chi connectivity index (χ3v) is 5.03. The molecule has 0 saturated carbocycles. The molecule has 7 nitrogen and oxygen atoms in total. The fourth-order valence-electron chi connectivity index (χ4n) is 3.48. The van der Waals surface area contributed by atoms with Crippen LogP contribution in [0.25, 0.3) is 11.0 Å². The van der Waals surface area contributed by atoms with E-state index in [9.17, 15) is 18.4 Å². The normalized spacial score (nSPS) is 19.1. The Morgan fingerprint density at radius 3 is 2.52 bits per heavy atom. The third kappa shape index (κ3) is 2.89. The lowest BCUT2D eigenvalue weighted by atomic mass is 9.91. The Morgan fingerprint density at radius 2 is 1.86 bits per heavy atom. The van der Waals surface area contributed by atoms with Crippen LogP contribution in [0.5, 0.6) is 0 Å². The first-order valence-corrected chi connectivity index (χ1v) is 8.74. The van der Waals surface area contributed by atoms with Crippen LogP contribution in [0, 0.1) is 11.3 Å². The number of rotatable bonds is 4. The fourth-order valence-corrected chi connectivity index (χ4v) is 3.48. The zero-order chi connectivity index (χ0) is 20.8. The summed E-state index contributed by atoms with van der Waals surface area (Å²) >= 11 is 0. The maximum atomic E-state index is 13.6. The van der Waals surface area contributed by atoms with Gasteiger partial charge >= 0.3 is 12.6 Å². The van der Waals surface area contributed by atoms with Crippen LogP contribution in [0.1, 0.15) is 30.4 Å². The highest BCUT2D eigenvalue weighted by atomic mass is 19.3. The standard InChI is InChI=1S/C20H15F2N5O2/c1-20(13-8-6-12(10-23)7-9-13)17(28)26(19(29)25-20)11-16-24-14-4-2-3-5-15(14)27(16)18(21)22/h2-9,18H,11H2,1H3,(H,25,29). The molecule has 1 fully saturated rings. The molecule has 1 N–H and O–H groups in total. The Balaban J connectivity index is 1.69.